The Kier molecular flexibility index (Phi) is 9.41. The van der Waals surface area contributed by atoms with Gasteiger partial charge >= 0.3 is 5.97 Å². The summed E-state index contributed by atoms with van der Waals surface area (Å²) < 4.78 is 0. The highest BCUT2D eigenvalue weighted by Gasteiger charge is 2.18. The van der Waals surface area contributed by atoms with Crippen molar-refractivity contribution < 1.29 is 19.5 Å². The fourth-order valence-electron chi connectivity index (χ4n) is 1.77. The number of nitrogens with one attached hydrogen (secondary N) is 2. The van der Waals surface area contributed by atoms with Crippen molar-refractivity contribution in [1.29, 1.82) is 0 Å². The molecular weight excluding hydrogens is 260 g/mol. The van der Waals surface area contributed by atoms with E-state index in [1.165, 1.54) is 6.92 Å². The Hall–Kier alpha value is -1.59. The second-order valence-corrected chi connectivity index (χ2v) is 5.31. The van der Waals surface area contributed by atoms with Gasteiger partial charge in [0.25, 0.3) is 0 Å². The first-order valence-corrected chi connectivity index (χ1v) is 7.08. The lowest BCUT2D eigenvalue weighted by Crippen LogP contribution is -2.40. The Morgan fingerprint density at radius 1 is 1.10 bits per heavy atom. The van der Waals surface area contributed by atoms with Gasteiger partial charge in [-0.1, -0.05) is 20.3 Å². The summed E-state index contributed by atoms with van der Waals surface area (Å²) >= 11 is 0. The highest BCUT2D eigenvalue weighted by molar-refractivity contribution is 5.77. The molecule has 3 N–H and O–H groups in total. The summed E-state index contributed by atoms with van der Waals surface area (Å²) in [4.78, 5) is 33.0. The molecule has 0 aromatic heterocycles. The minimum absolute atomic E-state index is 0.0452. The summed E-state index contributed by atoms with van der Waals surface area (Å²) in [6.07, 6.45) is 2.78. The molecule has 0 aliphatic carbocycles. The zero-order valence-electron chi connectivity index (χ0n) is 12.6. The van der Waals surface area contributed by atoms with Crippen molar-refractivity contribution in [2.24, 2.45) is 5.92 Å². The zero-order chi connectivity index (χ0) is 15.5. The number of carbonyl (C=O) groups is 3. The predicted molar refractivity (Wildman–Crippen MR) is 76.2 cm³/mol. The first-order chi connectivity index (χ1) is 9.32. The summed E-state index contributed by atoms with van der Waals surface area (Å²) in [6.45, 7) is 5.88. The van der Waals surface area contributed by atoms with Crippen LogP contribution in [0.1, 0.15) is 52.9 Å². The number of carboxylic acids is 1. The van der Waals surface area contributed by atoms with Gasteiger partial charge in [0.2, 0.25) is 11.8 Å². The summed E-state index contributed by atoms with van der Waals surface area (Å²) in [5.74, 6) is -0.963. The van der Waals surface area contributed by atoms with Crippen LogP contribution in [0.2, 0.25) is 0 Å². The summed E-state index contributed by atoms with van der Waals surface area (Å²) in [6, 6.07) is -0.320. The monoisotopic (exact) mass is 286 g/mol. The minimum atomic E-state index is -0.903. The maximum Gasteiger partial charge on any atom is 0.305 e. The van der Waals surface area contributed by atoms with Gasteiger partial charge in [-0.05, 0) is 18.8 Å². The maximum absolute atomic E-state index is 11.7. The van der Waals surface area contributed by atoms with Gasteiger partial charge in [-0.15, -0.1) is 0 Å². The zero-order valence-corrected chi connectivity index (χ0v) is 12.6. The number of rotatable bonds is 10. The fourth-order valence-corrected chi connectivity index (χ4v) is 1.77. The van der Waals surface area contributed by atoms with E-state index in [1.54, 1.807) is 0 Å². The molecule has 0 aromatic carbocycles. The molecule has 0 spiro atoms. The van der Waals surface area contributed by atoms with Crippen molar-refractivity contribution in [1.82, 2.24) is 10.6 Å². The molecule has 0 fully saturated rings. The van der Waals surface area contributed by atoms with Gasteiger partial charge in [0.15, 0.2) is 0 Å². The Labute approximate surface area is 120 Å². The molecule has 2 amide bonds. The number of hydrogen-bond acceptors (Lipinski definition) is 3. The first kappa shape index (κ1) is 18.4. The molecule has 0 radical (unpaired) electrons. The molecule has 0 heterocycles. The van der Waals surface area contributed by atoms with Crippen LogP contribution >= 0.6 is 0 Å². The fraction of sp³-hybridized carbons (Fsp3) is 0.786. The number of unbranched alkanes of at least 4 members (excludes halogenated alkanes) is 2. The second-order valence-electron chi connectivity index (χ2n) is 5.31. The molecule has 1 unspecified atom stereocenters. The van der Waals surface area contributed by atoms with Crippen LogP contribution in [0, 0.1) is 5.92 Å². The Balaban J connectivity index is 3.80. The van der Waals surface area contributed by atoms with Crippen LogP contribution in [0.15, 0.2) is 0 Å². The number of hydrogen-bond donors (Lipinski definition) is 3. The molecule has 0 saturated carbocycles. The molecule has 20 heavy (non-hydrogen) atoms. The van der Waals surface area contributed by atoms with Crippen LogP contribution in [-0.2, 0) is 14.4 Å². The van der Waals surface area contributed by atoms with Gasteiger partial charge < -0.3 is 15.7 Å². The lowest BCUT2D eigenvalue weighted by molar-refractivity contribution is -0.138. The number of carbonyl (C=O) groups excluding carboxylic acids is 2. The predicted octanol–water partition coefficient (Wildman–Crippen LogP) is 1.30. The lowest BCUT2D eigenvalue weighted by atomic mass is 10.0. The molecule has 0 rings (SSSR count). The van der Waals surface area contributed by atoms with E-state index >= 15 is 0 Å². The molecule has 6 nitrogen and oxygen atoms in total. The molecular formula is C14H26N2O4. The highest BCUT2D eigenvalue weighted by atomic mass is 16.4. The normalized spacial score (nSPS) is 12.0. The van der Waals surface area contributed by atoms with Crippen molar-refractivity contribution >= 4 is 17.8 Å². The Morgan fingerprint density at radius 3 is 2.25 bits per heavy atom. The average molecular weight is 286 g/mol. The third kappa shape index (κ3) is 10.3. The van der Waals surface area contributed by atoms with Gasteiger partial charge in [-0.3, -0.25) is 14.4 Å². The molecule has 0 bridgehead atoms. The SMILES string of the molecule is CC(=O)NCCCCCC(=O)NC(CC(=O)O)C(C)C. The van der Waals surface area contributed by atoms with Crippen molar-refractivity contribution in [2.45, 2.75) is 58.9 Å². The van der Waals surface area contributed by atoms with Crippen LogP contribution in [0.3, 0.4) is 0 Å². The number of carboxylic acid groups (broad SMARTS) is 1. The molecule has 0 saturated heterocycles. The highest BCUT2D eigenvalue weighted by Crippen LogP contribution is 2.07. The number of amides is 2. The van der Waals surface area contributed by atoms with Crippen molar-refractivity contribution in [3.63, 3.8) is 0 Å². The molecule has 0 aliphatic rings. The molecule has 0 aromatic rings. The second kappa shape index (κ2) is 10.2. The van der Waals surface area contributed by atoms with E-state index < -0.39 is 5.97 Å². The summed E-state index contributed by atoms with van der Waals surface area (Å²) in [5.41, 5.74) is 0. The van der Waals surface area contributed by atoms with E-state index in [4.69, 9.17) is 5.11 Å². The third-order valence-electron chi connectivity index (χ3n) is 3.00. The van der Waals surface area contributed by atoms with E-state index in [2.05, 4.69) is 10.6 Å². The van der Waals surface area contributed by atoms with Crippen molar-refractivity contribution in [3.05, 3.63) is 0 Å². The van der Waals surface area contributed by atoms with E-state index in [1.807, 2.05) is 13.8 Å². The molecule has 6 heteroatoms. The van der Waals surface area contributed by atoms with E-state index in [9.17, 15) is 14.4 Å². The van der Waals surface area contributed by atoms with Gasteiger partial charge in [-0.25, -0.2) is 0 Å². The Morgan fingerprint density at radius 2 is 1.75 bits per heavy atom. The topological polar surface area (TPSA) is 95.5 Å². The lowest BCUT2D eigenvalue weighted by Gasteiger charge is -2.20. The number of aliphatic carboxylic acids is 1. The summed E-state index contributed by atoms with van der Waals surface area (Å²) in [7, 11) is 0. The van der Waals surface area contributed by atoms with Gasteiger partial charge in [-0.2, -0.15) is 0 Å². The largest absolute Gasteiger partial charge is 0.481 e. The smallest absolute Gasteiger partial charge is 0.305 e. The van der Waals surface area contributed by atoms with Crippen LogP contribution in [0.4, 0.5) is 0 Å². The van der Waals surface area contributed by atoms with Crippen LogP contribution in [0.5, 0.6) is 0 Å². The third-order valence-corrected chi connectivity index (χ3v) is 3.00. The van der Waals surface area contributed by atoms with E-state index in [-0.39, 0.29) is 30.2 Å². The first-order valence-electron chi connectivity index (χ1n) is 7.08. The standard InChI is InChI=1S/C14H26N2O4/c1-10(2)12(9-14(19)20)16-13(18)7-5-4-6-8-15-11(3)17/h10,12H,4-9H2,1-3H3,(H,15,17)(H,16,18)(H,19,20). The quantitative estimate of drug-likeness (QED) is 0.527. The van der Waals surface area contributed by atoms with Crippen molar-refractivity contribution in [3.8, 4) is 0 Å². The van der Waals surface area contributed by atoms with Crippen LogP contribution in [-0.4, -0.2) is 35.5 Å². The Bertz CT molecular complexity index is 329. The van der Waals surface area contributed by atoms with Gasteiger partial charge in [0.05, 0.1) is 6.42 Å². The molecule has 116 valence electrons. The maximum atomic E-state index is 11.7. The van der Waals surface area contributed by atoms with Crippen LogP contribution in [0.25, 0.3) is 0 Å². The van der Waals surface area contributed by atoms with E-state index in [0.29, 0.717) is 13.0 Å². The minimum Gasteiger partial charge on any atom is -0.481 e. The van der Waals surface area contributed by atoms with Crippen molar-refractivity contribution in [2.75, 3.05) is 6.54 Å². The molecule has 1 atom stereocenters. The van der Waals surface area contributed by atoms with E-state index in [0.717, 1.165) is 19.3 Å². The van der Waals surface area contributed by atoms with Gasteiger partial charge in [0.1, 0.15) is 0 Å². The molecule has 0 aliphatic heterocycles. The average Bonchev–Trinajstić information content (AvgIpc) is 2.31. The van der Waals surface area contributed by atoms with Gasteiger partial charge in [0, 0.05) is 25.9 Å². The summed E-state index contributed by atoms with van der Waals surface area (Å²) in [5, 5.41) is 14.2. The van der Waals surface area contributed by atoms with Crippen LogP contribution < -0.4 is 10.6 Å².